The van der Waals surface area contributed by atoms with Crippen molar-refractivity contribution in [1.29, 1.82) is 0 Å². The maximum absolute atomic E-state index is 11.7. The van der Waals surface area contributed by atoms with Gasteiger partial charge in [-0.3, -0.25) is 9.59 Å². The minimum absolute atomic E-state index is 0.113. The predicted molar refractivity (Wildman–Crippen MR) is 92.2 cm³/mol. The third kappa shape index (κ3) is 9.72. The number of nitrogens with one attached hydrogen (secondary N) is 1. The van der Waals surface area contributed by atoms with Gasteiger partial charge in [-0.25, -0.2) is 0 Å². The highest BCUT2D eigenvalue weighted by Crippen LogP contribution is 2.07. The molecule has 1 aromatic carbocycles. The van der Waals surface area contributed by atoms with Gasteiger partial charge in [0, 0.05) is 19.4 Å². The number of esters is 1. The molecule has 1 amide bonds. The van der Waals surface area contributed by atoms with Gasteiger partial charge in [0.05, 0.1) is 6.61 Å². The summed E-state index contributed by atoms with van der Waals surface area (Å²) < 4.78 is 4.87. The molecule has 0 aliphatic carbocycles. The molecular weight excluding hydrogens is 290 g/mol. The summed E-state index contributed by atoms with van der Waals surface area (Å²) >= 11 is 0. The van der Waals surface area contributed by atoms with Gasteiger partial charge in [0.1, 0.15) is 0 Å². The molecule has 0 heterocycles. The van der Waals surface area contributed by atoms with Gasteiger partial charge < -0.3 is 10.1 Å². The molecular formula is C19H29NO3. The quantitative estimate of drug-likeness (QED) is 0.501. The van der Waals surface area contributed by atoms with E-state index in [2.05, 4.69) is 36.5 Å². The van der Waals surface area contributed by atoms with Crippen LogP contribution < -0.4 is 5.32 Å². The van der Waals surface area contributed by atoms with Gasteiger partial charge in [-0.05, 0) is 45.1 Å². The second kappa shape index (κ2) is 11.7. The minimum Gasteiger partial charge on any atom is -0.466 e. The predicted octanol–water partition coefficient (Wildman–Crippen LogP) is 3.56. The molecule has 0 fully saturated rings. The fraction of sp³-hybridized carbons (Fsp3) is 0.579. The highest BCUT2D eigenvalue weighted by molar-refractivity contribution is 5.75. The lowest BCUT2D eigenvalue weighted by Gasteiger charge is -2.06. The summed E-state index contributed by atoms with van der Waals surface area (Å²) in [6.07, 6.45) is 5.51. The van der Waals surface area contributed by atoms with Crippen LogP contribution in [0.4, 0.5) is 0 Å². The maximum atomic E-state index is 11.7. The Morgan fingerprint density at radius 3 is 2.43 bits per heavy atom. The summed E-state index contributed by atoms with van der Waals surface area (Å²) in [5, 5.41) is 2.94. The molecule has 128 valence electrons. The van der Waals surface area contributed by atoms with Crippen molar-refractivity contribution < 1.29 is 14.3 Å². The van der Waals surface area contributed by atoms with Crippen molar-refractivity contribution >= 4 is 11.9 Å². The average molecular weight is 319 g/mol. The van der Waals surface area contributed by atoms with Crippen LogP contribution in [0, 0.1) is 6.92 Å². The molecule has 0 spiro atoms. The third-order valence-corrected chi connectivity index (χ3v) is 3.68. The molecule has 0 aliphatic rings. The number of unbranched alkanes of at least 4 members (excludes halogenated alkanes) is 2. The Bertz CT molecular complexity index is 468. The largest absolute Gasteiger partial charge is 0.466 e. The van der Waals surface area contributed by atoms with Crippen molar-refractivity contribution in [1.82, 2.24) is 5.32 Å². The van der Waals surface area contributed by atoms with E-state index >= 15 is 0 Å². The second-order valence-corrected chi connectivity index (χ2v) is 5.80. The Morgan fingerprint density at radius 2 is 1.74 bits per heavy atom. The molecule has 0 unspecified atom stereocenters. The molecule has 0 radical (unpaired) electrons. The Morgan fingerprint density at radius 1 is 1.00 bits per heavy atom. The van der Waals surface area contributed by atoms with Gasteiger partial charge in [-0.15, -0.1) is 0 Å². The van der Waals surface area contributed by atoms with E-state index in [1.165, 1.54) is 11.1 Å². The van der Waals surface area contributed by atoms with E-state index in [-0.39, 0.29) is 11.9 Å². The number of aryl methyl sites for hydroxylation is 2. The van der Waals surface area contributed by atoms with Crippen LogP contribution >= 0.6 is 0 Å². The Labute approximate surface area is 139 Å². The first kappa shape index (κ1) is 19.2. The molecule has 0 bridgehead atoms. The number of carbonyl (C=O) groups excluding carboxylic acids is 2. The average Bonchev–Trinajstić information content (AvgIpc) is 2.53. The van der Waals surface area contributed by atoms with Crippen LogP contribution in [0.15, 0.2) is 24.3 Å². The number of hydrogen-bond donors (Lipinski definition) is 1. The molecule has 4 heteroatoms. The molecule has 23 heavy (non-hydrogen) atoms. The molecule has 0 saturated heterocycles. The molecule has 1 rings (SSSR count). The van der Waals surface area contributed by atoms with Gasteiger partial charge in [0.2, 0.25) is 5.91 Å². The summed E-state index contributed by atoms with van der Waals surface area (Å²) in [6, 6.07) is 8.45. The Kier molecular flexibility index (Phi) is 9.76. The number of rotatable bonds is 11. The van der Waals surface area contributed by atoms with E-state index in [1.54, 1.807) is 0 Å². The van der Waals surface area contributed by atoms with Crippen molar-refractivity contribution in [3.63, 3.8) is 0 Å². The summed E-state index contributed by atoms with van der Waals surface area (Å²) in [5.41, 5.74) is 2.54. The number of amides is 1. The number of benzene rings is 1. The molecule has 1 N–H and O–H groups in total. The first-order valence-corrected chi connectivity index (χ1v) is 8.59. The normalized spacial score (nSPS) is 10.3. The first-order valence-electron chi connectivity index (χ1n) is 8.59. The highest BCUT2D eigenvalue weighted by Gasteiger charge is 2.03. The lowest BCUT2D eigenvalue weighted by atomic mass is 10.1. The van der Waals surface area contributed by atoms with Crippen LogP contribution in [-0.4, -0.2) is 25.0 Å². The van der Waals surface area contributed by atoms with Gasteiger partial charge in [0.25, 0.3) is 0 Å². The van der Waals surface area contributed by atoms with E-state index in [1.807, 2.05) is 6.92 Å². The van der Waals surface area contributed by atoms with Crippen molar-refractivity contribution in [2.24, 2.45) is 0 Å². The third-order valence-electron chi connectivity index (χ3n) is 3.68. The fourth-order valence-electron chi connectivity index (χ4n) is 2.33. The van der Waals surface area contributed by atoms with Crippen molar-refractivity contribution in [2.75, 3.05) is 13.2 Å². The lowest BCUT2D eigenvalue weighted by Crippen LogP contribution is -2.24. The maximum Gasteiger partial charge on any atom is 0.305 e. The summed E-state index contributed by atoms with van der Waals surface area (Å²) in [7, 11) is 0. The van der Waals surface area contributed by atoms with Crippen LogP contribution in [0.3, 0.4) is 0 Å². The zero-order valence-electron chi connectivity index (χ0n) is 14.4. The molecule has 0 saturated carbocycles. The Hall–Kier alpha value is -1.84. The van der Waals surface area contributed by atoms with Gasteiger partial charge in [-0.2, -0.15) is 0 Å². The topological polar surface area (TPSA) is 55.4 Å². The standard InChI is InChI=1S/C19H29NO3/c1-3-23-19(22)10-5-4-6-15-20-18(21)9-7-8-17-13-11-16(2)12-14-17/h11-14H,3-10,15H2,1-2H3,(H,20,21). The fourth-order valence-corrected chi connectivity index (χ4v) is 2.33. The van der Waals surface area contributed by atoms with Crippen LogP contribution in [0.2, 0.25) is 0 Å². The smallest absolute Gasteiger partial charge is 0.305 e. The van der Waals surface area contributed by atoms with Gasteiger partial charge >= 0.3 is 5.97 Å². The van der Waals surface area contributed by atoms with Gasteiger partial charge in [-0.1, -0.05) is 36.2 Å². The number of carbonyl (C=O) groups is 2. The van der Waals surface area contributed by atoms with E-state index in [0.717, 1.165) is 32.1 Å². The zero-order chi connectivity index (χ0) is 16.9. The summed E-state index contributed by atoms with van der Waals surface area (Å²) in [5.74, 6) is -0.0184. The number of hydrogen-bond acceptors (Lipinski definition) is 3. The molecule has 0 atom stereocenters. The zero-order valence-corrected chi connectivity index (χ0v) is 14.4. The van der Waals surface area contributed by atoms with E-state index in [0.29, 0.717) is 26.0 Å². The lowest BCUT2D eigenvalue weighted by molar-refractivity contribution is -0.143. The minimum atomic E-state index is -0.132. The van der Waals surface area contributed by atoms with Crippen molar-refractivity contribution in [3.8, 4) is 0 Å². The molecule has 0 aromatic heterocycles. The molecule has 4 nitrogen and oxygen atoms in total. The molecule has 1 aromatic rings. The van der Waals surface area contributed by atoms with Crippen LogP contribution in [-0.2, 0) is 20.7 Å². The van der Waals surface area contributed by atoms with Crippen molar-refractivity contribution in [3.05, 3.63) is 35.4 Å². The van der Waals surface area contributed by atoms with Crippen LogP contribution in [0.25, 0.3) is 0 Å². The van der Waals surface area contributed by atoms with E-state index in [9.17, 15) is 9.59 Å². The summed E-state index contributed by atoms with van der Waals surface area (Å²) in [4.78, 5) is 22.9. The molecule has 0 aliphatic heterocycles. The SMILES string of the molecule is CCOC(=O)CCCCCNC(=O)CCCc1ccc(C)cc1. The summed E-state index contributed by atoms with van der Waals surface area (Å²) in [6.45, 7) is 5.01. The van der Waals surface area contributed by atoms with Crippen LogP contribution in [0.5, 0.6) is 0 Å². The second-order valence-electron chi connectivity index (χ2n) is 5.80. The van der Waals surface area contributed by atoms with Crippen LogP contribution in [0.1, 0.15) is 56.6 Å². The monoisotopic (exact) mass is 319 g/mol. The van der Waals surface area contributed by atoms with E-state index in [4.69, 9.17) is 4.74 Å². The first-order chi connectivity index (χ1) is 11.1. The van der Waals surface area contributed by atoms with Gasteiger partial charge in [0.15, 0.2) is 0 Å². The highest BCUT2D eigenvalue weighted by atomic mass is 16.5. The van der Waals surface area contributed by atoms with Crippen molar-refractivity contribution in [2.45, 2.75) is 58.8 Å². The van der Waals surface area contributed by atoms with E-state index < -0.39 is 0 Å². The Balaban J connectivity index is 1.98. The number of ether oxygens (including phenoxy) is 1.